The van der Waals surface area contributed by atoms with Gasteiger partial charge >= 0.3 is 0 Å². The molecule has 2 atom stereocenters. The first kappa shape index (κ1) is 12.6. The quantitative estimate of drug-likeness (QED) is 0.825. The van der Waals surface area contributed by atoms with Crippen LogP contribution in [0, 0.1) is 17.7 Å². The highest BCUT2D eigenvalue weighted by Gasteiger charge is 2.30. The SMILES string of the molecule is CC(C)NCC1CCC1Cc1cccc(F)c1. The number of benzene rings is 1. The van der Waals surface area contributed by atoms with Crippen molar-refractivity contribution in [3.8, 4) is 0 Å². The Morgan fingerprint density at radius 2 is 2.06 bits per heavy atom. The molecule has 0 aromatic heterocycles. The third-order valence-corrected chi connectivity index (χ3v) is 3.75. The highest BCUT2D eigenvalue weighted by molar-refractivity contribution is 5.17. The summed E-state index contributed by atoms with van der Waals surface area (Å²) in [5, 5.41) is 3.50. The highest BCUT2D eigenvalue weighted by atomic mass is 19.1. The van der Waals surface area contributed by atoms with Crippen molar-refractivity contribution in [2.45, 2.75) is 39.2 Å². The molecule has 0 amide bonds. The molecule has 0 bridgehead atoms. The van der Waals surface area contributed by atoms with Crippen molar-refractivity contribution in [1.82, 2.24) is 5.32 Å². The Labute approximate surface area is 103 Å². The van der Waals surface area contributed by atoms with Gasteiger partial charge in [0.2, 0.25) is 0 Å². The van der Waals surface area contributed by atoms with Gasteiger partial charge in [-0.3, -0.25) is 0 Å². The largest absolute Gasteiger partial charge is 0.314 e. The van der Waals surface area contributed by atoms with Gasteiger partial charge in [-0.15, -0.1) is 0 Å². The van der Waals surface area contributed by atoms with Gasteiger partial charge in [0.15, 0.2) is 0 Å². The van der Waals surface area contributed by atoms with Crippen LogP contribution < -0.4 is 5.32 Å². The Morgan fingerprint density at radius 3 is 2.65 bits per heavy atom. The Balaban J connectivity index is 1.83. The summed E-state index contributed by atoms with van der Waals surface area (Å²) >= 11 is 0. The number of halogens is 1. The minimum Gasteiger partial charge on any atom is -0.314 e. The van der Waals surface area contributed by atoms with Crippen LogP contribution in [0.25, 0.3) is 0 Å². The molecular weight excluding hydrogens is 213 g/mol. The molecule has 17 heavy (non-hydrogen) atoms. The van der Waals surface area contributed by atoms with Crippen molar-refractivity contribution in [2.75, 3.05) is 6.54 Å². The normalized spacial score (nSPS) is 23.8. The summed E-state index contributed by atoms with van der Waals surface area (Å²) in [5.74, 6) is 1.40. The van der Waals surface area contributed by atoms with Gasteiger partial charge < -0.3 is 5.32 Å². The van der Waals surface area contributed by atoms with Crippen molar-refractivity contribution in [3.05, 3.63) is 35.6 Å². The number of nitrogens with one attached hydrogen (secondary N) is 1. The molecule has 0 radical (unpaired) electrons. The van der Waals surface area contributed by atoms with Crippen LogP contribution in [0.15, 0.2) is 24.3 Å². The first-order valence-electron chi connectivity index (χ1n) is 6.63. The van der Waals surface area contributed by atoms with Crippen molar-refractivity contribution in [2.24, 2.45) is 11.8 Å². The van der Waals surface area contributed by atoms with Crippen LogP contribution in [0.2, 0.25) is 0 Å². The van der Waals surface area contributed by atoms with Gasteiger partial charge in [-0.05, 0) is 55.3 Å². The average Bonchev–Trinajstić information content (AvgIpc) is 2.24. The lowest BCUT2D eigenvalue weighted by molar-refractivity contribution is 0.167. The van der Waals surface area contributed by atoms with Crippen molar-refractivity contribution in [3.63, 3.8) is 0 Å². The van der Waals surface area contributed by atoms with E-state index in [1.165, 1.54) is 18.9 Å². The minimum atomic E-state index is -0.112. The van der Waals surface area contributed by atoms with E-state index in [9.17, 15) is 4.39 Å². The molecule has 2 unspecified atom stereocenters. The van der Waals surface area contributed by atoms with Crippen molar-refractivity contribution in [1.29, 1.82) is 0 Å². The second-order valence-electron chi connectivity index (χ2n) is 5.49. The zero-order valence-electron chi connectivity index (χ0n) is 10.7. The molecule has 1 aromatic rings. The lowest BCUT2D eigenvalue weighted by Gasteiger charge is -2.37. The maximum absolute atomic E-state index is 13.1. The summed E-state index contributed by atoms with van der Waals surface area (Å²) in [7, 11) is 0. The second-order valence-corrected chi connectivity index (χ2v) is 5.49. The fourth-order valence-electron chi connectivity index (χ4n) is 2.53. The van der Waals surface area contributed by atoms with Gasteiger partial charge in [0, 0.05) is 6.04 Å². The second kappa shape index (κ2) is 5.63. The lowest BCUT2D eigenvalue weighted by Crippen LogP contribution is -2.38. The van der Waals surface area contributed by atoms with Gasteiger partial charge in [-0.2, -0.15) is 0 Å². The number of hydrogen-bond donors (Lipinski definition) is 1. The Kier molecular flexibility index (Phi) is 4.16. The third-order valence-electron chi connectivity index (χ3n) is 3.75. The van der Waals surface area contributed by atoms with E-state index in [1.807, 2.05) is 12.1 Å². The summed E-state index contributed by atoms with van der Waals surface area (Å²) in [6.07, 6.45) is 3.64. The molecule has 1 aromatic carbocycles. The standard InChI is InChI=1S/C15H22FN/c1-11(2)17-10-14-7-6-13(14)8-12-4-3-5-15(16)9-12/h3-5,9,11,13-14,17H,6-8,10H2,1-2H3. The van der Waals surface area contributed by atoms with E-state index in [1.54, 1.807) is 6.07 Å². The van der Waals surface area contributed by atoms with Gasteiger partial charge in [0.25, 0.3) is 0 Å². The summed E-state index contributed by atoms with van der Waals surface area (Å²) < 4.78 is 13.1. The van der Waals surface area contributed by atoms with E-state index in [4.69, 9.17) is 0 Å². The van der Waals surface area contributed by atoms with E-state index in [-0.39, 0.29) is 5.82 Å². The van der Waals surface area contributed by atoms with Crippen LogP contribution >= 0.6 is 0 Å². The van der Waals surface area contributed by atoms with E-state index in [0.29, 0.717) is 6.04 Å². The van der Waals surface area contributed by atoms with Crippen molar-refractivity contribution >= 4 is 0 Å². The fraction of sp³-hybridized carbons (Fsp3) is 0.600. The van der Waals surface area contributed by atoms with E-state index in [0.717, 1.165) is 30.4 Å². The van der Waals surface area contributed by atoms with Crippen LogP contribution in [0.4, 0.5) is 4.39 Å². The first-order chi connectivity index (χ1) is 8.15. The summed E-state index contributed by atoms with van der Waals surface area (Å²) in [6.45, 7) is 5.47. The molecule has 0 heterocycles. The van der Waals surface area contributed by atoms with Crippen LogP contribution in [-0.4, -0.2) is 12.6 Å². The zero-order valence-corrected chi connectivity index (χ0v) is 10.7. The van der Waals surface area contributed by atoms with Gasteiger partial charge in [-0.25, -0.2) is 4.39 Å². The minimum absolute atomic E-state index is 0.112. The predicted molar refractivity (Wildman–Crippen MR) is 69.5 cm³/mol. The molecule has 0 spiro atoms. The van der Waals surface area contributed by atoms with Crippen LogP contribution in [-0.2, 0) is 6.42 Å². The van der Waals surface area contributed by atoms with Crippen LogP contribution in [0.5, 0.6) is 0 Å². The molecule has 1 nitrogen and oxygen atoms in total. The maximum atomic E-state index is 13.1. The van der Waals surface area contributed by atoms with Gasteiger partial charge in [0.05, 0.1) is 0 Å². The summed E-state index contributed by atoms with van der Waals surface area (Å²) in [6, 6.07) is 7.59. The molecule has 0 saturated heterocycles. The highest BCUT2D eigenvalue weighted by Crippen LogP contribution is 2.36. The molecule has 1 aliphatic rings. The Bertz CT molecular complexity index is 362. The van der Waals surface area contributed by atoms with E-state index in [2.05, 4.69) is 19.2 Å². The smallest absolute Gasteiger partial charge is 0.123 e. The van der Waals surface area contributed by atoms with Gasteiger partial charge in [-0.1, -0.05) is 26.0 Å². The number of rotatable bonds is 5. The van der Waals surface area contributed by atoms with Crippen LogP contribution in [0.3, 0.4) is 0 Å². The summed E-state index contributed by atoms with van der Waals surface area (Å²) in [5.41, 5.74) is 1.14. The number of hydrogen-bond acceptors (Lipinski definition) is 1. The molecule has 0 aliphatic heterocycles. The van der Waals surface area contributed by atoms with Gasteiger partial charge in [0.1, 0.15) is 5.82 Å². The molecule has 1 fully saturated rings. The van der Waals surface area contributed by atoms with E-state index >= 15 is 0 Å². The topological polar surface area (TPSA) is 12.0 Å². The monoisotopic (exact) mass is 235 g/mol. The average molecular weight is 235 g/mol. The molecule has 1 aliphatic carbocycles. The molecular formula is C15H22FN. The third kappa shape index (κ3) is 3.53. The van der Waals surface area contributed by atoms with Crippen LogP contribution in [0.1, 0.15) is 32.3 Å². The van der Waals surface area contributed by atoms with Crippen molar-refractivity contribution < 1.29 is 4.39 Å². The fourth-order valence-corrected chi connectivity index (χ4v) is 2.53. The molecule has 1 N–H and O–H groups in total. The first-order valence-corrected chi connectivity index (χ1v) is 6.63. The summed E-state index contributed by atoms with van der Waals surface area (Å²) in [4.78, 5) is 0. The Hall–Kier alpha value is -0.890. The predicted octanol–water partition coefficient (Wildman–Crippen LogP) is 3.39. The maximum Gasteiger partial charge on any atom is 0.123 e. The Morgan fingerprint density at radius 1 is 1.29 bits per heavy atom. The lowest BCUT2D eigenvalue weighted by atomic mass is 9.70. The molecule has 1 saturated carbocycles. The van der Waals surface area contributed by atoms with E-state index < -0.39 is 0 Å². The molecule has 94 valence electrons. The molecule has 2 rings (SSSR count). The molecule has 2 heteroatoms. The zero-order chi connectivity index (χ0) is 12.3.